The molecule has 0 aliphatic rings. The van der Waals surface area contributed by atoms with Gasteiger partial charge in [0.1, 0.15) is 0 Å². The first kappa shape index (κ1) is 13.8. The number of methoxy groups -OCH3 is 4. The fourth-order valence-corrected chi connectivity index (χ4v) is 1.23. The van der Waals surface area contributed by atoms with Crippen LogP contribution in [0.5, 0.6) is 0 Å². The molecule has 0 saturated heterocycles. The van der Waals surface area contributed by atoms with Crippen molar-refractivity contribution in [2.24, 2.45) is 0 Å². The molecule has 1 unspecified atom stereocenters. The lowest BCUT2D eigenvalue weighted by Gasteiger charge is -2.44. The van der Waals surface area contributed by atoms with Crippen LogP contribution < -0.4 is 0 Å². The smallest absolute Gasteiger partial charge is 0.347 e. The Morgan fingerprint density at radius 1 is 0.857 bits per heavy atom. The first-order valence-corrected chi connectivity index (χ1v) is 4.04. The van der Waals surface area contributed by atoms with E-state index in [0.29, 0.717) is 0 Å². The third kappa shape index (κ3) is 1.90. The van der Waals surface area contributed by atoms with E-state index < -0.39 is 11.9 Å². The van der Waals surface area contributed by atoms with Crippen LogP contribution in [0.25, 0.3) is 0 Å². The van der Waals surface area contributed by atoms with Crippen LogP contribution in [0.3, 0.4) is 0 Å². The van der Waals surface area contributed by atoms with Gasteiger partial charge in [-0.1, -0.05) is 0 Å². The molecule has 0 aromatic heterocycles. The Morgan fingerprint density at radius 2 is 1.21 bits per heavy atom. The zero-order chi connectivity index (χ0) is 11.4. The average molecular weight is 209 g/mol. The predicted molar refractivity (Wildman–Crippen MR) is 49.4 cm³/mol. The van der Waals surface area contributed by atoms with Gasteiger partial charge in [0.05, 0.1) is 0 Å². The lowest BCUT2D eigenvalue weighted by molar-refractivity contribution is -0.502. The van der Waals surface area contributed by atoms with Gasteiger partial charge in [0.25, 0.3) is 0 Å². The summed E-state index contributed by atoms with van der Waals surface area (Å²) in [6.45, 7) is 0. The molecule has 86 valence electrons. The summed E-state index contributed by atoms with van der Waals surface area (Å²) in [6, 6.07) is 0. The summed E-state index contributed by atoms with van der Waals surface area (Å²) in [6.07, 6.45) is 0. The van der Waals surface area contributed by atoms with Gasteiger partial charge in [-0.2, -0.15) is 0 Å². The highest BCUT2D eigenvalue weighted by molar-refractivity contribution is 4.76. The molecule has 0 saturated carbocycles. The maximum atomic E-state index is 10.1. The minimum absolute atomic E-state index is 1.33. The van der Waals surface area contributed by atoms with Gasteiger partial charge >= 0.3 is 11.9 Å². The van der Waals surface area contributed by atoms with E-state index in [1.165, 1.54) is 33.3 Å². The van der Waals surface area contributed by atoms with E-state index in [9.17, 15) is 5.11 Å². The number of ether oxygens (including phenoxy) is 4. The van der Waals surface area contributed by atoms with Crippen molar-refractivity contribution in [2.75, 3.05) is 42.5 Å². The molecule has 0 aliphatic heterocycles. The van der Waals surface area contributed by atoms with Gasteiger partial charge in [-0.15, -0.1) is 0 Å². The molecule has 0 rings (SSSR count). The molecule has 1 N–H and O–H groups in total. The molecule has 6 nitrogen and oxygen atoms in total. The van der Waals surface area contributed by atoms with Crippen LogP contribution in [0.4, 0.5) is 0 Å². The molecular formula is C8H19NO5. The van der Waals surface area contributed by atoms with E-state index in [2.05, 4.69) is 0 Å². The Hall–Kier alpha value is -0.240. The van der Waals surface area contributed by atoms with Gasteiger partial charge in [0, 0.05) is 28.4 Å². The number of likely N-dealkylation sites (N-methyl/N-ethyl adjacent to an activating group) is 1. The summed E-state index contributed by atoms with van der Waals surface area (Å²) in [5, 5.41) is 10.1. The number of nitrogens with zero attached hydrogens (tertiary/aromatic N) is 1. The summed E-state index contributed by atoms with van der Waals surface area (Å²) in [7, 11) is 8.58. The van der Waals surface area contributed by atoms with E-state index in [1.54, 1.807) is 14.1 Å². The van der Waals surface area contributed by atoms with Gasteiger partial charge in [-0.05, 0) is 14.1 Å². The van der Waals surface area contributed by atoms with Crippen LogP contribution in [0.2, 0.25) is 0 Å². The Morgan fingerprint density at radius 3 is 1.29 bits per heavy atom. The van der Waals surface area contributed by atoms with Crippen molar-refractivity contribution in [1.82, 2.24) is 4.90 Å². The summed E-state index contributed by atoms with van der Waals surface area (Å²) in [4.78, 5) is 1.38. The summed E-state index contributed by atoms with van der Waals surface area (Å²) < 4.78 is 19.9. The number of hydrogen-bond acceptors (Lipinski definition) is 6. The van der Waals surface area contributed by atoms with Crippen LogP contribution in [-0.4, -0.2) is 64.4 Å². The Balaban J connectivity index is 5.11. The van der Waals surface area contributed by atoms with Crippen LogP contribution in [-0.2, 0) is 18.9 Å². The predicted octanol–water partition coefficient (Wildman–Crippen LogP) is -0.566. The average Bonchev–Trinajstić information content (AvgIpc) is 2.20. The quantitative estimate of drug-likeness (QED) is 0.591. The second-order valence-corrected chi connectivity index (χ2v) is 2.88. The third-order valence-electron chi connectivity index (χ3n) is 2.10. The molecule has 1 atom stereocenters. The van der Waals surface area contributed by atoms with Crippen LogP contribution in [0.1, 0.15) is 0 Å². The maximum absolute atomic E-state index is 10.1. The molecular weight excluding hydrogens is 190 g/mol. The fourth-order valence-electron chi connectivity index (χ4n) is 1.23. The molecule has 0 aliphatic carbocycles. The first-order chi connectivity index (χ1) is 6.44. The van der Waals surface area contributed by atoms with E-state index >= 15 is 0 Å². The Kier molecular flexibility index (Phi) is 4.93. The number of hydrogen-bond donors (Lipinski definition) is 1. The normalized spacial score (nSPS) is 17.1. The summed E-state index contributed by atoms with van der Waals surface area (Å²) >= 11 is 0. The lowest BCUT2D eigenvalue weighted by atomic mass is 10.3. The van der Waals surface area contributed by atoms with Crippen molar-refractivity contribution in [1.29, 1.82) is 0 Å². The van der Waals surface area contributed by atoms with Crippen LogP contribution >= 0.6 is 0 Å². The fraction of sp³-hybridized carbons (Fsp3) is 1.00. The topological polar surface area (TPSA) is 60.4 Å². The highest BCUT2D eigenvalue weighted by Crippen LogP contribution is 2.30. The number of aliphatic hydroxyl groups is 1. The standard InChI is InChI=1S/C8H19NO5/c1-9(2)7(10,11-3)8(12-4,13-5)14-6/h10H,1-6H3. The van der Waals surface area contributed by atoms with Crippen molar-refractivity contribution in [3.8, 4) is 0 Å². The van der Waals surface area contributed by atoms with Crippen molar-refractivity contribution in [3.05, 3.63) is 0 Å². The van der Waals surface area contributed by atoms with Gasteiger partial charge in [-0.3, -0.25) is 4.90 Å². The summed E-state index contributed by atoms with van der Waals surface area (Å²) in [5.74, 6) is -3.52. The largest absolute Gasteiger partial charge is 0.356 e. The second kappa shape index (κ2) is 5.01. The zero-order valence-corrected chi connectivity index (χ0v) is 9.53. The van der Waals surface area contributed by atoms with Gasteiger partial charge in [0.2, 0.25) is 0 Å². The summed E-state index contributed by atoms with van der Waals surface area (Å²) in [5.41, 5.74) is 0. The van der Waals surface area contributed by atoms with Crippen molar-refractivity contribution in [2.45, 2.75) is 11.9 Å². The van der Waals surface area contributed by atoms with E-state index in [1.807, 2.05) is 0 Å². The molecule has 14 heavy (non-hydrogen) atoms. The zero-order valence-electron chi connectivity index (χ0n) is 9.53. The van der Waals surface area contributed by atoms with Crippen molar-refractivity contribution >= 4 is 0 Å². The molecule has 0 radical (unpaired) electrons. The molecule has 0 bridgehead atoms. The Bertz CT molecular complexity index is 156. The van der Waals surface area contributed by atoms with Crippen molar-refractivity contribution < 1.29 is 24.1 Å². The van der Waals surface area contributed by atoms with Crippen LogP contribution in [0, 0.1) is 0 Å². The van der Waals surface area contributed by atoms with Gasteiger partial charge in [0.15, 0.2) is 0 Å². The lowest BCUT2D eigenvalue weighted by Crippen LogP contribution is -2.66. The molecule has 0 amide bonds. The van der Waals surface area contributed by atoms with Gasteiger partial charge in [-0.25, -0.2) is 0 Å². The van der Waals surface area contributed by atoms with Crippen LogP contribution in [0.15, 0.2) is 0 Å². The van der Waals surface area contributed by atoms with E-state index in [0.717, 1.165) is 0 Å². The molecule has 0 heterocycles. The minimum Gasteiger partial charge on any atom is -0.347 e. The third-order valence-corrected chi connectivity index (χ3v) is 2.10. The second-order valence-electron chi connectivity index (χ2n) is 2.88. The number of rotatable bonds is 6. The molecule has 0 aromatic rings. The highest BCUT2D eigenvalue weighted by Gasteiger charge is 2.56. The van der Waals surface area contributed by atoms with Gasteiger partial charge < -0.3 is 24.1 Å². The highest BCUT2D eigenvalue weighted by atomic mass is 16.9. The Labute approximate surface area is 84.3 Å². The molecule has 0 aromatic carbocycles. The van der Waals surface area contributed by atoms with E-state index in [-0.39, 0.29) is 0 Å². The van der Waals surface area contributed by atoms with E-state index in [4.69, 9.17) is 18.9 Å². The molecule has 0 spiro atoms. The molecule has 0 fully saturated rings. The maximum Gasteiger partial charge on any atom is 0.356 e. The molecule has 6 heteroatoms. The van der Waals surface area contributed by atoms with Crippen molar-refractivity contribution in [3.63, 3.8) is 0 Å². The minimum atomic E-state index is -1.83. The SMILES string of the molecule is COC(OC)(OC)C(O)(OC)N(C)C. The first-order valence-electron chi connectivity index (χ1n) is 4.04. The monoisotopic (exact) mass is 209 g/mol.